The van der Waals surface area contributed by atoms with E-state index in [0.717, 1.165) is 23.9 Å². The first kappa shape index (κ1) is 21.4. The molecule has 0 aliphatic heterocycles. The maximum atomic E-state index is 10.4. The number of unbranched alkanes of at least 4 members (excludes halogenated alkanes) is 1. The standard InChI is InChI=1S/C9H20N2O2.C4H4O4/c1-11(2,3)7-5-4-6-8(10)9(12)13;5-3(6)1-2-4(7)8/h8H,4-7,10H2,1-3H3;1-2H,(H,5,6)(H,7,8)/p+1/b;2-1-. The van der Waals surface area contributed by atoms with Gasteiger partial charge in [-0.3, -0.25) is 4.79 Å². The van der Waals surface area contributed by atoms with Gasteiger partial charge in [-0.25, -0.2) is 9.59 Å². The number of nitrogens with two attached hydrogens (primary N) is 1. The number of hydrogen-bond donors (Lipinski definition) is 4. The number of rotatable bonds is 8. The van der Waals surface area contributed by atoms with Gasteiger partial charge in [-0.2, -0.15) is 0 Å². The third-order valence-electron chi connectivity index (χ3n) is 2.28. The summed E-state index contributed by atoms with van der Waals surface area (Å²) in [6.07, 6.45) is 3.62. The second-order valence-corrected chi connectivity index (χ2v) is 5.46. The summed E-state index contributed by atoms with van der Waals surface area (Å²) >= 11 is 0. The van der Waals surface area contributed by atoms with E-state index in [1.807, 2.05) is 0 Å². The van der Waals surface area contributed by atoms with Gasteiger partial charge in [0, 0.05) is 12.2 Å². The van der Waals surface area contributed by atoms with Crippen LogP contribution in [0.1, 0.15) is 19.3 Å². The molecule has 0 aromatic heterocycles. The van der Waals surface area contributed by atoms with Gasteiger partial charge in [-0.1, -0.05) is 0 Å². The first-order chi connectivity index (χ1) is 9.45. The molecule has 0 aromatic rings. The Kier molecular flexibility index (Phi) is 11.0. The Morgan fingerprint density at radius 1 is 1.00 bits per heavy atom. The Balaban J connectivity index is 0. The van der Waals surface area contributed by atoms with Gasteiger partial charge >= 0.3 is 17.9 Å². The molecule has 0 spiro atoms. The van der Waals surface area contributed by atoms with Crippen LogP contribution in [-0.2, 0) is 14.4 Å². The van der Waals surface area contributed by atoms with Crippen LogP contribution in [0.15, 0.2) is 12.2 Å². The Bertz CT molecular complexity index is 357. The molecule has 0 radical (unpaired) electrons. The zero-order valence-corrected chi connectivity index (χ0v) is 12.7. The topological polar surface area (TPSA) is 138 Å². The van der Waals surface area contributed by atoms with Crippen LogP contribution < -0.4 is 5.73 Å². The molecule has 5 N–H and O–H groups in total. The summed E-state index contributed by atoms with van der Waals surface area (Å²) in [5, 5.41) is 24.1. The molecule has 0 amide bonds. The van der Waals surface area contributed by atoms with Gasteiger partial charge < -0.3 is 25.5 Å². The average Bonchev–Trinajstić information content (AvgIpc) is 2.31. The van der Waals surface area contributed by atoms with Gasteiger partial charge in [-0.05, 0) is 19.3 Å². The van der Waals surface area contributed by atoms with E-state index in [4.69, 9.17) is 21.1 Å². The van der Waals surface area contributed by atoms with Crippen molar-refractivity contribution in [1.29, 1.82) is 0 Å². The van der Waals surface area contributed by atoms with Crippen molar-refractivity contribution in [3.63, 3.8) is 0 Å². The molecule has 1 atom stereocenters. The van der Waals surface area contributed by atoms with E-state index in [-0.39, 0.29) is 0 Å². The van der Waals surface area contributed by atoms with E-state index in [2.05, 4.69) is 21.1 Å². The first-order valence-corrected chi connectivity index (χ1v) is 6.38. The maximum absolute atomic E-state index is 10.4. The molecule has 0 bridgehead atoms. The first-order valence-electron chi connectivity index (χ1n) is 6.38. The Morgan fingerprint density at radius 3 is 1.71 bits per heavy atom. The number of quaternary nitrogens is 1. The molecule has 21 heavy (non-hydrogen) atoms. The Labute approximate surface area is 124 Å². The van der Waals surface area contributed by atoms with Crippen LogP contribution in [-0.4, -0.2) is 71.4 Å². The molecule has 0 aliphatic rings. The SMILES string of the molecule is C[N+](C)(C)CCCCC(N)C(=O)O.O=C(O)/C=C\C(=O)O. The average molecular weight is 305 g/mol. The van der Waals surface area contributed by atoms with Crippen molar-refractivity contribution in [2.45, 2.75) is 25.3 Å². The van der Waals surface area contributed by atoms with Crippen LogP contribution in [0.5, 0.6) is 0 Å². The summed E-state index contributed by atoms with van der Waals surface area (Å²) in [6, 6.07) is -0.688. The fourth-order valence-electron chi connectivity index (χ4n) is 1.22. The fourth-order valence-corrected chi connectivity index (χ4v) is 1.22. The van der Waals surface area contributed by atoms with E-state index in [1.54, 1.807) is 0 Å². The van der Waals surface area contributed by atoms with Gasteiger partial charge in [0.05, 0.1) is 27.7 Å². The lowest BCUT2D eigenvalue weighted by atomic mass is 10.1. The van der Waals surface area contributed by atoms with E-state index in [1.165, 1.54) is 0 Å². The highest BCUT2D eigenvalue weighted by Gasteiger charge is 2.12. The molecule has 0 saturated carbocycles. The van der Waals surface area contributed by atoms with Crippen molar-refractivity contribution in [2.75, 3.05) is 27.7 Å². The van der Waals surface area contributed by atoms with Crippen LogP contribution in [0.25, 0.3) is 0 Å². The normalized spacial score (nSPS) is 12.4. The molecule has 0 aliphatic carbocycles. The smallest absolute Gasteiger partial charge is 0.328 e. The number of aliphatic carboxylic acids is 3. The highest BCUT2D eigenvalue weighted by molar-refractivity contribution is 5.89. The molecule has 122 valence electrons. The zero-order chi connectivity index (χ0) is 17.1. The van der Waals surface area contributed by atoms with Crippen LogP contribution in [0, 0.1) is 0 Å². The maximum Gasteiger partial charge on any atom is 0.328 e. The van der Waals surface area contributed by atoms with Crippen LogP contribution in [0.3, 0.4) is 0 Å². The molecule has 1 unspecified atom stereocenters. The van der Waals surface area contributed by atoms with E-state index in [0.29, 0.717) is 18.6 Å². The van der Waals surface area contributed by atoms with Crippen molar-refractivity contribution < 1.29 is 34.2 Å². The highest BCUT2D eigenvalue weighted by Crippen LogP contribution is 2.02. The van der Waals surface area contributed by atoms with E-state index in [9.17, 15) is 14.4 Å². The molecule has 0 fully saturated rings. The molecule has 0 rings (SSSR count). The predicted octanol–water partition coefficient (Wildman–Crippen LogP) is -0.0134. The summed E-state index contributed by atoms with van der Waals surface area (Å²) in [5.41, 5.74) is 5.36. The lowest BCUT2D eigenvalue weighted by Crippen LogP contribution is -2.35. The molecular weight excluding hydrogens is 280 g/mol. The monoisotopic (exact) mass is 305 g/mol. The van der Waals surface area contributed by atoms with Crippen molar-refractivity contribution in [1.82, 2.24) is 0 Å². The number of carbonyl (C=O) groups is 3. The van der Waals surface area contributed by atoms with Crippen molar-refractivity contribution >= 4 is 17.9 Å². The van der Waals surface area contributed by atoms with Crippen LogP contribution in [0.4, 0.5) is 0 Å². The quantitative estimate of drug-likeness (QED) is 0.281. The van der Waals surface area contributed by atoms with Gasteiger partial charge in [0.15, 0.2) is 0 Å². The van der Waals surface area contributed by atoms with Gasteiger partial charge in [0.25, 0.3) is 0 Å². The van der Waals surface area contributed by atoms with Gasteiger partial charge in [0.2, 0.25) is 0 Å². The third kappa shape index (κ3) is 20.5. The minimum Gasteiger partial charge on any atom is -0.480 e. The summed E-state index contributed by atoms with van der Waals surface area (Å²) in [5.74, 6) is -3.41. The van der Waals surface area contributed by atoms with Crippen molar-refractivity contribution in [3.8, 4) is 0 Å². The second-order valence-electron chi connectivity index (χ2n) is 5.46. The fraction of sp³-hybridized carbons (Fsp3) is 0.615. The summed E-state index contributed by atoms with van der Waals surface area (Å²) in [6.45, 7) is 1.06. The summed E-state index contributed by atoms with van der Waals surface area (Å²) in [4.78, 5) is 29.5. The van der Waals surface area contributed by atoms with E-state index >= 15 is 0 Å². The molecule has 0 heterocycles. The third-order valence-corrected chi connectivity index (χ3v) is 2.28. The number of nitrogens with zero attached hydrogens (tertiary/aromatic N) is 1. The number of hydrogen-bond acceptors (Lipinski definition) is 4. The number of carboxylic acid groups (broad SMARTS) is 3. The van der Waals surface area contributed by atoms with Crippen LogP contribution >= 0.6 is 0 Å². The Hall–Kier alpha value is -1.93. The summed E-state index contributed by atoms with van der Waals surface area (Å²) < 4.78 is 0.919. The van der Waals surface area contributed by atoms with Crippen molar-refractivity contribution in [2.24, 2.45) is 5.73 Å². The minimum atomic E-state index is -1.26. The lowest BCUT2D eigenvalue weighted by Gasteiger charge is -2.23. The lowest BCUT2D eigenvalue weighted by molar-refractivity contribution is -0.870. The van der Waals surface area contributed by atoms with Crippen molar-refractivity contribution in [3.05, 3.63) is 12.2 Å². The van der Waals surface area contributed by atoms with Gasteiger partial charge in [0.1, 0.15) is 6.04 Å². The Morgan fingerprint density at radius 2 is 1.43 bits per heavy atom. The molecule has 0 saturated heterocycles. The second kappa shape index (κ2) is 10.8. The van der Waals surface area contributed by atoms with E-state index < -0.39 is 23.9 Å². The molecular formula is C13H25N2O6+. The van der Waals surface area contributed by atoms with Crippen LogP contribution in [0.2, 0.25) is 0 Å². The minimum absolute atomic E-state index is 0.558. The predicted molar refractivity (Wildman–Crippen MR) is 76.8 cm³/mol. The summed E-state index contributed by atoms with van der Waals surface area (Å²) in [7, 11) is 6.37. The molecule has 0 aromatic carbocycles. The molecule has 8 heteroatoms. The largest absolute Gasteiger partial charge is 0.480 e. The number of carboxylic acids is 3. The van der Waals surface area contributed by atoms with Gasteiger partial charge in [-0.15, -0.1) is 0 Å². The molecule has 8 nitrogen and oxygen atoms in total. The highest BCUT2D eigenvalue weighted by atomic mass is 16.4. The zero-order valence-electron chi connectivity index (χ0n) is 12.7.